The van der Waals surface area contributed by atoms with E-state index in [1.807, 2.05) is 12.1 Å². The zero-order valence-corrected chi connectivity index (χ0v) is 18.4. The maximum Gasteiger partial charge on any atom is 0.0409 e. The van der Waals surface area contributed by atoms with Gasteiger partial charge in [0.15, 0.2) is 0 Å². The number of likely N-dealkylation sites (tertiary alicyclic amines) is 1. The van der Waals surface area contributed by atoms with Gasteiger partial charge in [-0.15, -0.1) is 12.4 Å². The maximum absolute atomic E-state index is 6.40. The number of rotatable bonds is 3. The fourth-order valence-electron chi connectivity index (χ4n) is 5.23. The minimum absolute atomic E-state index is 0. The predicted molar refractivity (Wildman–Crippen MR) is 125 cm³/mol. The molecule has 0 bridgehead atoms. The summed E-state index contributed by atoms with van der Waals surface area (Å²) in [5, 5.41) is 1.62. The van der Waals surface area contributed by atoms with Crippen LogP contribution in [0.25, 0.3) is 0 Å². The molecule has 1 aliphatic carbocycles. The summed E-state index contributed by atoms with van der Waals surface area (Å²) in [5.41, 5.74) is 5.64. The first-order chi connectivity index (χ1) is 13.7. The largest absolute Gasteiger partial charge is 0.298 e. The van der Waals surface area contributed by atoms with Crippen LogP contribution in [-0.2, 0) is 6.54 Å². The third kappa shape index (κ3) is 4.07. The highest BCUT2D eigenvalue weighted by atomic mass is 35.5. The van der Waals surface area contributed by atoms with E-state index in [2.05, 4.69) is 65.6 Å². The van der Waals surface area contributed by atoms with Crippen LogP contribution in [0.4, 0.5) is 0 Å². The van der Waals surface area contributed by atoms with Gasteiger partial charge in [0, 0.05) is 35.0 Å². The standard InChI is InChI=1S/C25H23Cl2N.ClH/c26-19-8-6-18(7-9-19)25-22-12-13-28(15-17-4-2-1-3-5-17)16-24(22)21-11-10-20(27)14-23(21)25;/h1-11,14,22,24-25H,12-13,15-16H2;1H. The van der Waals surface area contributed by atoms with Crippen LogP contribution >= 0.6 is 35.6 Å². The van der Waals surface area contributed by atoms with E-state index in [1.165, 1.54) is 28.7 Å². The molecule has 0 amide bonds. The van der Waals surface area contributed by atoms with E-state index < -0.39 is 0 Å². The van der Waals surface area contributed by atoms with Crippen LogP contribution in [-0.4, -0.2) is 18.0 Å². The fourth-order valence-corrected chi connectivity index (χ4v) is 5.54. The molecule has 150 valence electrons. The Morgan fingerprint density at radius 1 is 0.828 bits per heavy atom. The molecular formula is C25H24Cl3N. The van der Waals surface area contributed by atoms with Gasteiger partial charge >= 0.3 is 0 Å². The molecular weight excluding hydrogens is 421 g/mol. The molecule has 1 heterocycles. The van der Waals surface area contributed by atoms with E-state index in [9.17, 15) is 0 Å². The van der Waals surface area contributed by atoms with E-state index in [0.29, 0.717) is 17.8 Å². The highest BCUT2D eigenvalue weighted by Crippen LogP contribution is 2.53. The number of hydrogen-bond donors (Lipinski definition) is 0. The minimum Gasteiger partial charge on any atom is -0.298 e. The zero-order valence-electron chi connectivity index (χ0n) is 16.1. The second kappa shape index (κ2) is 8.70. The van der Waals surface area contributed by atoms with Crippen molar-refractivity contribution in [1.29, 1.82) is 0 Å². The molecule has 1 fully saturated rings. The van der Waals surface area contributed by atoms with Crippen LogP contribution in [0, 0.1) is 5.92 Å². The van der Waals surface area contributed by atoms with Crippen molar-refractivity contribution in [3.8, 4) is 0 Å². The number of hydrogen-bond acceptors (Lipinski definition) is 1. The molecule has 29 heavy (non-hydrogen) atoms. The van der Waals surface area contributed by atoms with Gasteiger partial charge in [0.05, 0.1) is 0 Å². The summed E-state index contributed by atoms with van der Waals surface area (Å²) in [5.74, 6) is 1.60. The lowest BCUT2D eigenvalue weighted by molar-refractivity contribution is 0.154. The van der Waals surface area contributed by atoms with Crippen LogP contribution in [0.5, 0.6) is 0 Å². The molecule has 4 heteroatoms. The molecule has 1 aliphatic heterocycles. The molecule has 5 rings (SSSR count). The molecule has 0 saturated carbocycles. The van der Waals surface area contributed by atoms with Crippen molar-refractivity contribution in [2.24, 2.45) is 5.92 Å². The van der Waals surface area contributed by atoms with Crippen LogP contribution in [0.2, 0.25) is 10.0 Å². The van der Waals surface area contributed by atoms with Gasteiger partial charge in [0.25, 0.3) is 0 Å². The Kier molecular flexibility index (Phi) is 6.22. The summed E-state index contributed by atoms with van der Waals surface area (Å²) in [6.07, 6.45) is 1.21. The Bertz CT molecular complexity index is 971. The molecule has 3 aromatic rings. The Balaban J connectivity index is 0.00000205. The quantitative estimate of drug-likeness (QED) is 0.414. The Labute approximate surface area is 189 Å². The first-order valence-corrected chi connectivity index (χ1v) is 10.8. The average Bonchev–Trinajstić information content (AvgIpc) is 3.02. The van der Waals surface area contributed by atoms with E-state index >= 15 is 0 Å². The van der Waals surface area contributed by atoms with Crippen molar-refractivity contribution >= 4 is 35.6 Å². The van der Waals surface area contributed by atoms with E-state index in [4.69, 9.17) is 23.2 Å². The molecule has 2 aliphatic rings. The lowest BCUT2D eigenvalue weighted by Crippen LogP contribution is -2.38. The van der Waals surface area contributed by atoms with Crippen molar-refractivity contribution < 1.29 is 0 Å². The third-order valence-electron chi connectivity index (χ3n) is 6.44. The van der Waals surface area contributed by atoms with Crippen molar-refractivity contribution in [3.63, 3.8) is 0 Å². The van der Waals surface area contributed by atoms with E-state index in [-0.39, 0.29) is 12.4 Å². The maximum atomic E-state index is 6.40. The minimum atomic E-state index is 0. The van der Waals surface area contributed by atoms with Gasteiger partial charge in [0.2, 0.25) is 0 Å². The predicted octanol–water partition coefficient (Wildman–Crippen LogP) is 7.17. The first-order valence-electron chi connectivity index (χ1n) is 10.00. The number of halogens is 3. The lowest BCUT2D eigenvalue weighted by Gasteiger charge is -2.37. The highest BCUT2D eigenvalue weighted by molar-refractivity contribution is 6.31. The summed E-state index contributed by atoms with van der Waals surface area (Å²) in [6.45, 7) is 3.28. The Morgan fingerprint density at radius 2 is 1.55 bits per heavy atom. The van der Waals surface area contributed by atoms with Crippen molar-refractivity contribution in [2.75, 3.05) is 13.1 Å². The lowest BCUT2D eigenvalue weighted by atomic mass is 9.78. The normalized spacial score (nSPS) is 23.2. The van der Waals surface area contributed by atoms with Gasteiger partial charge in [0.1, 0.15) is 0 Å². The number of piperidine rings is 1. The molecule has 0 aromatic heterocycles. The first kappa shape index (κ1) is 20.8. The van der Waals surface area contributed by atoms with Crippen molar-refractivity contribution in [2.45, 2.75) is 24.8 Å². The molecule has 3 unspecified atom stereocenters. The second-order valence-corrected chi connectivity index (χ2v) is 8.96. The highest BCUT2D eigenvalue weighted by Gasteiger charge is 2.44. The van der Waals surface area contributed by atoms with Gasteiger partial charge in [-0.05, 0) is 65.4 Å². The number of fused-ring (bicyclic) bond motifs is 3. The van der Waals surface area contributed by atoms with Gasteiger partial charge in [-0.2, -0.15) is 0 Å². The van der Waals surface area contributed by atoms with Gasteiger partial charge in [-0.1, -0.05) is 71.7 Å². The van der Waals surface area contributed by atoms with E-state index in [1.54, 1.807) is 0 Å². The summed E-state index contributed by atoms with van der Waals surface area (Å²) in [6, 6.07) is 25.7. The summed E-state index contributed by atoms with van der Waals surface area (Å²) >= 11 is 12.6. The molecule has 3 atom stereocenters. The molecule has 1 nitrogen and oxygen atoms in total. The molecule has 3 aromatic carbocycles. The summed E-state index contributed by atoms with van der Waals surface area (Å²) in [7, 11) is 0. The fraction of sp³-hybridized carbons (Fsp3) is 0.280. The van der Waals surface area contributed by atoms with Gasteiger partial charge in [-0.3, -0.25) is 4.90 Å². The summed E-state index contributed by atoms with van der Waals surface area (Å²) < 4.78 is 0. The van der Waals surface area contributed by atoms with E-state index in [0.717, 1.165) is 29.7 Å². The second-order valence-electron chi connectivity index (χ2n) is 8.08. The van der Waals surface area contributed by atoms with Crippen LogP contribution in [0.1, 0.15) is 40.5 Å². The van der Waals surface area contributed by atoms with Crippen LogP contribution < -0.4 is 0 Å². The average molecular weight is 445 g/mol. The van der Waals surface area contributed by atoms with Crippen molar-refractivity contribution in [3.05, 3.63) is 105 Å². The molecule has 0 radical (unpaired) electrons. The number of nitrogens with zero attached hydrogens (tertiary/aromatic N) is 1. The molecule has 1 saturated heterocycles. The van der Waals surface area contributed by atoms with Crippen LogP contribution in [0.3, 0.4) is 0 Å². The molecule has 0 spiro atoms. The van der Waals surface area contributed by atoms with Crippen molar-refractivity contribution in [1.82, 2.24) is 4.90 Å². The topological polar surface area (TPSA) is 3.24 Å². The SMILES string of the molecule is Cl.Clc1ccc(C2c3cc(Cl)ccc3C3CN(Cc4ccccc4)CCC32)cc1. The Hall–Kier alpha value is -1.51. The number of benzene rings is 3. The summed E-state index contributed by atoms with van der Waals surface area (Å²) in [4.78, 5) is 2.61. The van der Waals surface area contributed by atoms with Crippen LogP contribution in [0.15, 0.2) is 72.8 Å². The molecule has 0 N–H and O–H groups in total. The zero-order chi connectivity index (χ0) is 19.1. The third-order valence-corrected chi connectivity index (χ3v) is 6.93. The Morgan fingerprint density at radius 3 is 2.31 bits per heavy atom. The van der Waals surface area contributed by atoms with Gasteiger partial charge in [-0.25, -0.2) is 0 Å². The monoisotopic (exact) mass is 443 g/mol. The van der Waals surface area contributed by atoms with Gasteiger partial charge < -0.3 is 0 Å². The smallest absolute Gasteiger partial charge is 0.0409 e.